The van der Waals surface area contributed by atoms with Gasteiger partial charge in [0.2, 0.25) is 0 Å². The van der Waals surface area contributed by atoms with Gasteiger partial charge in [-0.15, -0.1) is 0 Å². The lowest BCUT2D eigenvalue weighted by atomic mass is 10.3. The van der Waals surface area contributed by atoms with Gasteiger partial charge < -0.3 is 27.0 Å². The van der Waals surface area contributed by atoms with Crippen molar-refractivity contribution in [2.75, 3.05) is 45.8 Å². The number of hydrogen-bond donors (Lipinski definition) is 6. The van der Waals surface area contributed by atoms with Crippen LogP contribution in [0.4, 0.5) is 4.79 Å². The van der Waals surface area contributed by atoms with Crippen LogP contribution in [0.15, 0.2) is 0 Å². The maximum Gasteiger partial charge on any atom is 0.404 e. The van der Waals surface area contributed by atoms with E-state index in [-0.39, 0.29) is 6.54 Å². The standard InChI is InChI=1S/C10H25N5O3/c11-2-6-15(7-3-12)8-5-13-9(16)1-4-14-10(17)18/h9,13-14,16H,1-8,11-12H2,(H,17,18). The SMILES string of the molecule is NCCN(CCN)CCNC(O)CCNC(=O)O. The van der Waals surface area contributed by atoms with Crippen molar-refractivity contribution in [3.8, 4) is 0 Å². The van der Waals surface area contributed by atoms with Crippen molar-refractivity contribution in [1.29, 1.82) is 0 Å². The number of nitrogens with zero attached hydrogens (tertiary/aromatic N) is 1. The molecule has 8 nitrogen and oxygen atoms in total. The van der Waals surface area contributed by atoms with Crippen molar-refractivity contribution in [3.05, 3.63) is 0 Å². The zero-order valence-corrected chi connectivity index (χ0v) is 10.6. The molecule has 0 aliphatic heterocycles. The Balaban J connectivity index is 3.57. The van der Waals surface area contributed by atoms with Gasteiger partial charge in [-0.3, -0.25) is 10.2 Å². The molecule has 0 spiro atoms. The Morgan fingerprint density at radius 3 is 2.28 bits per heavy atom. The highest BCUT2D eigenvalue weighted by atomic mass is 16.4. The predicted octanol–water partition coefficient (Wildman–Crippen LogP) is -2.23. The third-order valence-electron chi connectivity index (χ3n) is 2.39. The number of aliphatic hydroxyl groups excluding tert-OH is 1. The van der Waals surface area contributed by atoms with Crippen molar-refractivity contribution in [2.45, 2.75) is 12.6 Å². The zero-order chi connectivity index (χ0) is 13.8. The molecule has 0 heterocycles. The summed E-state index contributed by atoms with van der Waals surface area (Å²) >= 11 is 0. The lowest BCUT2D eigenvalue weighted by Gasteiger charge is -2.22. The molecule has 108 valence electrons. The van der Waals surface area contributed by atoms with Crippen molar-refractivity contribution >= 4 is 6.09 Å². The van der Waals surface area contributed by atoms with Gasteiger partial charge in [0.1, 0.15) is 6.23 Å². The largest absolute Gasteiger partial charge is 0.465 e. The van der Waals surface area contributed by atoms with Crippen LogP contribution in [0, 0.1) is 0 Å². The van der Waals surface area contributed by atoms with Crippen LogP contribution in [0.5, 0.6) is 0 Å². The number of amides is 1. The molecule has 0 saturated carbocycles. The Bertz CT molecular complexity index is 212. The molecule has 1 atom stereocenters. The smallest absolute Gasteiger partial charge is 0.404 e. The summed E-state index contributed by atoms with van der Waals surface area (Å²) in [5, 5.41) is 23.0. The zero-order valence-electron chi connectivity index (χ0n) is 10.6. The Morgan fingerprint density at radius 1 is 1.17 bits per heavy atom. The van der Waals surface area contributed by atoms with Gasteiger partial charge >= 0.3 is 6.09 Å². The van der Waals surface area contributed by atoms with Gasteiger partial charge in [-0.05, 0) is 0 Å². The minimum atomic E-state index is -1.08. The number of nitrogens with one attached hydrogen (secondary N) is 2. The number of carboxylic acid groups (broad SMARTS) is 1. The fourth-order valence-corrected chi connectivity index (χ4v) is 1.51. The number of carbonyl (C=O) groups is 1. The van der Waals surface area contributed by atoms with Crippen molar-refractivity contribution in [1.82, 2.24) is 15.5 Å². The second kappa shape index (κ2) is 11.2. The quantitative estimate of drug-likeness (QED) is 0.232. The van der Waals surface area contributed by atoms with Crippen LogP contribution >= 0.6 is 0 Å². The van der Waals surface area contributed by atoms with Gasteiger partial charge in [0.05, 0.1) is 0 Å². The highest BCUT2D eigenvalue weighted by Gasteiger charge is 2.06. The molecule has 0 saturated heterocycles. The molecular weight excluding hydrogens is 238 g/mol. The highest BCUT2D eigenvalue weighted by Crippen LogP contribution is 1.88. The average Bonchev–Trinajstić information content (AvgIpc) is 2.29. The molecule has 0 aliphatic carbocycles. The summed E-state index contributed by atoms with van der Waals surface area (Å²) in [5.41, 5.74) is 10.9. The Hall–Kier alpha value is -0.930. The van der Waals surface area contributed by atoms with Crippen LogP contribution < -0.4 is 22.1 Å². The molecule has 0 aromatic carbocycles. The van der Waals surface area contributed by atoms with Crippen molar-refractivity contribution < 1.29 is 15.0 Å². The van der Waals surface area contributed by atoms with Gasteiger partial charge in [0.15, 0.2) is 0 Å². The van der Waals surface area contributed by atoms with Gasteiger partial charge in [-0.2, -0.15) is 0 Å². The Morgan fingerprint density at radius 2 is 1.78 bits per heavy atom. The van der Waals surface area contributed by atoms with E-state index in [1.54, 1.807) is 0 Å². The van der Waals surface area contributed by atoms with E-state index in [4.69, 9.17) is 16.6 Å². The van der Waals surface area contributed by atoms with Gasteiger partial charge in [-0.25, -0.2) is 4.79 Å². The monoisotopic (exact) mass is 263 g/mol. The number of hydrogen-bond acceptors (Lipinski definition) is 6. The first-order chi connectivity index (χ1) is 8.60. The Labute approximate surface area is 107 Å². The number of nitrogens with two attached hydrogens (primary N) is 2. The van der Waals surface area contributed by atoms with E-state index in [0.717, 1.165) is 19.6 Å². The molecule has 0 bridgehead atoms. The van der Waals surface area contributed by atoms with E-state index in [1.165, 1.54) is 0 Å². The van der Waals surface area contributed by atoms with Gasteiger partial charge in [0.25, 0.3) is 0 Å². The van der Waals surface area contributed by atoms with E-state index in [1.807, 2.05) is 0 Å². The second-order valence-electron chi connectivity index (χ2n) is 3.91. The molecular formula is C10H25N5O3. The number of aliphatic hydroxyl groups is 1. The summed E-state index contributed by atoms with van der Waals surface area (Å²) in [5.74, 6) is 0. The van der Waals surface area contributed by atoms with E-state index >= 15 is 0 Å². The molecule has 1 unspecified atom stereocenters. The average molecular weight is 263 g/mol. The minimum absolute atomic E-state index is 0.221. The van der Waals surface area contributed by atoms with Crippen LogP contribution in [0.2, 0.25) is 0 Å². The lowest BCUT2D eigenvalue weighted by Crippen LogP contribution is -2.41. The predicted molar refractivity (Wildman–Crippen MR) is 69.2 cm³/mol. The molecule has 18 heavy (non-hydrogen) atoms. The highest BCUT2D eigenvalue weighted by molar-refractivity contribution is 5.64. The summed E-state index contributed by atoms with van der Waals surface area (Å²) in [6, 6.07) is 0. The first-order valence-corrected chi connectivity index (χ1v) is 6.11. The van der Waals surface area contributed by atoms with Crippen LogP contribution in [-0.2, 0) is 0 Å². The van der Waals surface area contributed by atoms with E-state index in [2.05, 4.69) is 15.5 Å². The molecule has 0 radical (unpaired) electrons. The summed E-state index contributed by atoms with van der Waals surface area (Å²) in [7, 11) is 0. The fourth-order valence-electron chi connectivity index (χ4n) is 1.51. The summed E-state index contributed by atoms with van der Waals surface area (Å²) in [4.78, 5) is 12.3. The fraction of sp³-hybridized carbons (Fsp3) is 0.900. The van der Waals surface area contributed by atoms with E-state index in [0.29, 0.717) is 26.1 Å². The Kier molecular flexibility index (Phi) is 10.6. The van der Waals surface area contributed by atoms with Crippen LogP contribution in [0.25, 0.3) is 0 Å². The van der Waals surface area contributed by atoms with E-state index < -0.39 is 12.3 Å². The maximum atomic E-state index is 10.2. The van der Waals surface area contributed by atoms with Crippen molar-refractivity contribution in [3.63, 3.8) is 0 Å². The maximum absolute atomic E-state index is 10.2. The first kappa shape index (κ1) is 17.1. The molecule has 1 amide bonds. The van der Waals surface area contributed by atoms with Crippen LogP contribution in [0.1, 0.15) is 6.42 Å². The third-order valence-corrected chi connectivity index (χ3v) is 2.39. The van der Waals surface area contributed by atoms with Gasteiger partial charge in [0, 0.05) is 52.2 Å². The van der Waals surface area contributed by atoms with Crippen molar-refractivity contribution in [2.24, 2.45) is 11.5 Å². The minimum Gasteiger partial charge on any atom is -0.465 e. The summed E-state index contributed by atoms with van der Waals surface area (Å²) in [6.45, 7) is 4.27. The van der Waals surface area contributed by atoms with Crippen LogP contribution in [-0.4, -0.2) is 73.2 Å². The molecule has 0 fully saturated rings. The second-order valence-corrected chi connectivity index (χ2v) is 3.91. The summed E-state index contributed by atoms with van der Waals surface area (Å²) in [6.07, 6.45) is -1.46. The summed E-state index contributed by atoms with van der Waals surface area (Å²) < 4.78 is 0. The topological polar surface area (TPSA) is 137 Å². The van der Waals surface area contributed by atoms with Crippen LogP contribution in [0.3, 0.4) is 0 Å². The number of rotatable bonds is 11. The van der Waals surface area contributed by atoms with Gasteiger partial charge in [-0.1, -0.05) is 0 Å². The molecule has 0 aromatic rings. The van der Waals surface area contributed by atoms with E-state index in [9.17, 15) is 9.90 Å². The molecule has 0 aromatic heterocycles. The molecule has 8 N–H and O–H groups in total. The molecule has 0 rings (SSSR count). The molecule has 0 aliphatic rings. The lowest BCUT2D eigenvalue weighted by molar-refractivity contribution is 0.121. The first-order valence-electron chi connectivity index (χ1n) is 6.11. The normalized spacial score (nSPS) is 12.7. The third kappa shape index (κ3) is 10.2. The molecule has 8 heteroatoms.